The molecule has 2 N–H and O–H groups in total. The van der Waals surface area contributed by atoms with Crippen LogP contribution in [0.5, 0.6) is 0 Å². The Morgan fingerprint density at radius 1 is 1.31 bits per heavy atom. The molecule has 0 amide bonds. The minimum absolute atomic E-state index is 0.0392. The van der Waals surface area contributed by atoms with Crippen molar-refractivity contribution in [1.29, 1.82) is 5.41 Å². The van der Waals surface area contributed by atoms with E-state index in [1.54, 1.807) is 31.8 Å². The smallest absolute Gasteiger partial charge is 0.253 e. The molecule has 1 saturated heterocycles. The Balaban J connectivity index is 2.22. The second-order valence-electron chi connectivity index (χ2n) is 6.33. The van der Waals surface area contributed by atoms with Crippen LogP contribution in [-0.4, -0.2) is 17.3 Å². The van der Waals surface area contributed by atoms with Crippen LogP contribution in [0.1, 0.15) is 17.2 Å². The summed E-state index contributed by atoms with van der Waals surface area (Å²) in [7, 11) is 3.53. The van der Waals surface area contributed by atoms with E-state index in [0.29, 0.717) is 22.0 Å². The van der Waals surface area contributed by atoms with Crippen LogP contribution in [0.3, 0.4) is 0 Å². The number of anilines is 1. The molecule has 3 rings (SSSR count). The highest BCUT2D eigenvalue weighted by molar-refractivity contribution is 6.30. The van der Waals surface area contributed by atoms with Gasteiger partial charge < -0.3 is 14.8 Å². The number of nitrogens with zero attached hydrogens (tertiary/aromatic N) is 2. The number of halogens is 1. The predicted octanol–water partition coefficient (Wildman–Crippen LogP) is 3.55. The minimum Gasteiger partial charge on any atom is -0.394 e. The van der Waals surface area contributed by atoms with Gasteiger partial charge in [0, 0.05) is 42.7 Å². The van der Waals surface area contributed by atoms with Gasteiger partial charge in [0.05, 0.1) is 23.1 Å². The third-order valence-electron chi connectivity index (χ3n) is 4.53. The van der Waals surface area contributed by atoms with E-state index in [4.69, 9.17) is 17.0 Å². The normalized spacial score (nSPS) is 18.7. The predicted molar refractivity (Wildman–Crippen MR) is 107 cm³/mol. The van der Waals surface area contributed by atoms with Crippen molar-refractivity contribution in [3.63, 3.8) is 0 Å². The summed E-state index contributed by atoms with van der Waals surface area (Å²) in [5.74, 6) is 0. The van der Waals surface area contributed by atoms with E-state index in [2.05, 4.69) is 11.9 Å². The van der Waals surface area contributed by atoms with Crippen LogP contribution in [0.4, 0.5) is 5.69 Å². The van der Waals surface area contributed by atoms with E-state index in [1.165, 1.54) is 0 Å². The molecule has 0 spiro atoms. The standard InChI is InChI=1S/C20H21ClN4O/c1-12-9-16(11-24(4)20(12)26)25-13(2)18(22)17(10-23-3)19(25)14-5-7-15(21)8-6-14/h5-11,19,22-23H,2H2,1,3-4H3/b17-10+,22-18?. The van der Waals surface area contributed by atoms with Crippen LogP contribution in [0.2, 0.25) is 5.02 Å². The lowest BCUT2D eigenvalue weighted by atomic mass is 9.99. The van der Waals surface area contributed by atoms with Crippen molar-refractivity contribution in [3.05, 3.63) is 87.1 Å². The van der Waals surface area contributed by atoms with Gasteiger partial charge >= 0.3 is 0 Å². The minimum atomic E-state index is -0.225. The number of allylic oxidation sites excluding steroid dienone is 1. The summed E-state index contributed by atoms with van der Waals surface area (Å²) >= 11 is 6.05. The first kappa shape index (κ1) is 18.0. The lowest BCUT2D eigenvalue weighted by Crippen LogP contribution is -2.26. The monoisotopic (exact) mass is 368 g/mol. The second-order valence-corrected chi connectivity index (χ2v) is 6.77. The number of hydrogen-bond acceptors (Lipinski definition) is 4. The molecule has 0 radical (unpaired) electrons. The highest BCUT2D eigenvalue weighted by Gasteiger charge is 2.38. The summed E-state index contributed by atoms with van der Waals surface area (Å²) in [5.41, 5.74) is 4.18. The molecule has 134 valence electrons. The van der Waals surface area contributed by atoms with Crippen molar-refractivity contribution in [2.75, 3.05) is 11.9 Å². The zero-order valence-corrected chi connectivity index (χ0v) is 15.8. The average Bonchev–Trinajstić information content (AvgIpc) is 2.85. The van der Waals surface area contributed by atoms with Gasteiger partial charge in [0.15, 0.2) is 0 Å². The Hall–Kier alpha value is -2.79. The molecule has 0 bridgehead atoms. The van der Waals surface area contributed by atoms with Crippen molar-refractivity contribution in [3.8, 4) is 0 Å². The van der Waals surface area contributed by atoms with Crippen LogP contribution >= 0.6 is 11.6 Å². The number of benzene rings is 1. The maximum atomic E-state index is 12.1. The first-order chi connectivity index (χ1) is 12.3. The maximum absolute atomic E-state index is 12.1. The molecule has 5 nitrogen and oxygen atoms in total. The van der Waals surface area contributed by atoms with Crippen LogP contribution in [0, 0.1) is 12.3 Å². The lowest BCUT2D eigenvalue weighted by molar-refractivity contribution is 0.801. The lowest BCUT2D eigenvalue weighted by Gasteiger charge is -2.28. The van der Waals surface area contributed by atoms with Gasteiger partial charge in [0.1, 0.15) is 0 Å². The Morgan fingerprint density at radius 3 is 2.54 bits per heavy atom. The Bertz CT molecular complexity index is 946. The topological polar surface area (TPSA) is 61.1 Å². The van der Waals surface area contributed by atoms with Crippen molar-refractivity contribution in [2.24, 2.45) is 7.05 Å². The van der Waals surface area contributed by atoms with Crippen molar-refractivity contribution >= 4 is 23.0 Å². The molecule has 6 heteroatoms. The van der Waals surface area contributed by atoms with Gasteiger partial charge in [0.25, 0.3) is 5.56 Å². The summed E-state index contributed by atoms with van der Waals surface area (Å²) in [6.45, 7) is 5.91. The third-order valence-corrected chi connectivity index (χ3v) is 4.78. The van der Waals surface area contributed by atoms with E-state index in [-0.39, 0.29) is 11.6 Å². The number of hydrogen-bond donors (Lipinski definition) is 2. The Morgan fingerprint density at radius 2 is 1.96 bits per heavy atom. The molecule has 1 atom stereocenters. The van der Waals surface area contributed by atoms with E-state index in [9.17, 15) is 4.79 Å². The van der Waals surface area contributed by atoms with Gasteiger partial charge in [0.2, 0.25) is 0 Å². The molecule has 26 heavy (non-hydrogen) atoms. The maximum Gasteiger partial charge on any atom is 0.253 e. The molecule has 1 fully saturated rings. The molecular formula is C20H21ClN4O. The van der Waals surface area contributed by atoms with Gasteiger partial charge in [-0.2, -0.15) is 0 Å². The quantitative estimate of drug-likeness (QED) is 0.871. The van der Waals surface area contributed by atoms with Crippen LogP contribution in [-0.2, 0) is 7.05 Å². The highest BCUT2D eigenvalue weighted by atomic mass is 35.5. The molecule has 1 aliphatic rings. The van der Waals surface area contributed by atoms with E-state index >= 15 is 0 Å². The Labute approximate surface area is 157 Å². The molecule has 1 aromatic heterocycles. The number of aromatic nitrogens is 1. The molecule has 1 aliphatic heterocycles. The summed E-state index contributed by atoms with van der Waals surface area (Å²) < 4.78 is 1.56. The summed E-state index contributed by atoms with van der Waals surface area (Å²) in [5, 5.41) is 12.2. The second kappa shape index (κ2) is 6.84. The summed E-state index contributed by atoms with van der Waals surface area (Å²) in [4.78, 5) is 14.1. The number of rotatable bonds is 3. The van der Waals surface area contributed by atoms with Crippen molar-refractivity contribution in [1.82, 2.24) is 9.88 Å². The van der Waals surface area contributed by atoms with Gasteiger partial charge in [-0.15, -0.1) is 0 Å². The number of aryl methyl sites for hydroxylation is 2. The Kier molecular flexibility index (Phi) is 4.74. The average molecular weight is 369 g/mol. The van der Waals surface area contributed by atoms with Gasteiger partial charge in [-0.1, -0.05) is 30.3 Å². The molecular weight excluding hydrogens is 348 g/mol. The molecule has 1 unspecified atom stereocenters. The molecule has 0 aliphatic carbocycles. The van der Waals surface area contributed by atoms with Crippen LogP contribution < -0.4 is 15.8 Å². The molecule has 0 saturated carbocycles. The zero-order valence-electron chi connectivity index (χ0n) is 15.0. The van der Waals surface area contributed by atoms with Gasteiger partial charge in [-0.05, 0) is 30.7 Å². The highest BCUT2D eigenvalue weighted by Crippen LogP contribution is 2.43. The molecule has 1 aromatic carbocycles. The fraction of sp³-hybridized carbons (Fsp3) is 0.200. The van der Waals surface area contributed by atoms with Crippen LogP contribution in [0.15, 0.2) is 65.4 Å². The van der Waals surface area contributed by atoms with Gasteiger partial charge in [-0.25, -0.2) is 0 Å². The van der Waals surface area contributed by atoms with E-state index < -0.39 is 0 Å². The van der Waals surface area contributed by atoms with Crippen molar-refractivity contribution in [2.45, 2.75) is 13.0 Å². The van der Waals surface area contributed by atoms with Crippen molar-refractivity contribution < 1.29 is 0 Å². The van der Waals surface area contributed by atoms with E-state index in [0.717, 1.165) is 16.8 Å². The fourth-order valence-electron chi connectivity index (χ4n) is 3.29. The third kappa shape index (κ3) is 2.95. The van der Waals surface area contributed by atoms with Gasteiger partial charge in [-0.3, -0.25) is 10.2 Å². The first-order valence-corrected chi connectivity index (χ1v) is 8.60. The first-order valence-electron chi connectivity index (χ1n) is 8.22. The summed E-state index contributed by atoms with van der Waals surface area (Å²) in [6, 6.07) is 9.18. The van der Waals surface area contributed by atoms with E-state index in [1.807, 2.05) is 41.4 Å². The summed E-state index contributed by atoms with van der Waals surface area (Å²) in [6.07, 6.45) is 3.60. The zero-order chi connectivity index (χ0) is 19.0. The van der Waals surface area contributed by atoms with Crippen LogP contribution in [0.25, 0.3) is 0 Å². The fourth-order valence-corrected chi connectivity index (χ4v) is 3.42. The molecule has 2 heterocycles. The molecule has 2 aromatic rings. The largest absolute Gasteiger partial charge is 0.394 e. The number of pyridine rings is 1. The number of nitrogens with one attached hydrogen (secondary N) is 2. The SMILES string of the molecule is C=C1C(=N)/C(=C\NC)C(c2ccc(Cl)cc2)N1c1cc(C)c(=O)n(C)c1.